The van der Waals surface area contributed by atoms with Crippen LogP contribution in [0.3, 0.4) is 0 Å². The molecule has 0 aliphatic heterocycles. The molecule has 1 aromatic heterocycles. The molecule has 0 bridgehead atoms. The average Bonchev–Trinajstić information content (AvgIpc) is 3.30. The fourth-order valence-corrected chi connectivity index (χ4v) is 4.12. The summed E-state index contributed by atoms with van der Waals surface area (Å²) >= 11 is 7.79. The topological polar surface area (TPSA) is 90.5 Å². The van der Waals surface area contributed by atoms with Gasteiger partial charge in [0.1, 0.15) is 33.9 Å². The predicted molar refractivity (Wildman–Crippen MR) is 126 cm³/mol. The highest BCUT2D eigenvalue weighted by Gasteiger charge is 2.25. The summed E-state index contributed by atoms with van der Waals surface area (Å²) in [5.41, 5.74) is 6.90. The lowest BCUT2D eigenvalue weighted by atomic mass is 10.1. The van der Waals surface area contributed by atoms with Crippen LogP contribution in [0.2, 0.25) is 5.02 Å². The fraction of sp³-hybridized carbons (Fsp3) is 0.167. The number of benzene rings is 3. The molecule has 32 heavy (non-hydrogen) atoms. The van der Waals surface area contributed by atoms with Crippen molar-refractivity contribution in [3.63, 3.8) is 0 Å². The summed E-state index contributed by atoms with van der Waals surface area (Å²) < 4.78 is 11.8. The summed E-state index contributed by atoms with van der Waals surface area (Å²) in [7, 11) is 0. The first kappa shape index (κ1) is 22.2. The molecule has 4 aromatic rings. The predicted octanol–water partition coefficient (Wildman–Crippen LogP) is 5.40. The van der Waals surface area contributed by atoms with E-state index in [1.807, 2.05) is 66.7 Å². The van der Waals surface area contributed by atoms with E-state index in [9.17, 15) is 5.11 Å². The Morgan fingerprint density at radius 2 is 1.72 bits per heavy atom. The molecule has 0 fully saturated rings. The lowest BCUT2D eigenvalue weighted by Gasteiger charge is -2.16. The molecule has 6 nitrogen and oxygen atoms in total. The Morgan fingerprint density at radius 3 is 2.47 bits per heavy atom. The van der Waals surface area contributed by atoms with Gasteiger partial charge in [0.25, 0.3) is 0 Å². The van der Waals surface area contributed by atoms with E-state index in [0.717, 1.165) is 11.1 Å². The molecule has 1 heterocycles. The van der Waals surface area contributed by atoms with Crippen molar-refractivity contribution in [2.75, 3.05) is 6.61 Å². The Bertz CT molecular complexity index is 1200. The Labute approximate surface area is 195 Å². The van der Waals surface area contributed by atoms with Crippen LogP contribution in [-0.4, -0.2) is 21.9 Å². The van der Waals surface area contributed by atoms with E-state index in [0.29, 0.717) is 38.9 Å². The van der Waals surface area contributed by atoms with Crippen LogP contribution in [0.5, 0.6) is 17.2 Å². The molecule has 3 N–H and O–H groups in total. The van der Waals surface area contributed by atoms with Gasteiger partial charge in [-0.2, -0.15) is 0 Å². The monoisotopic (exact) mass is 467 g/mol. The first-order chi connectivity index (χ1) is 15.4. The minimum Gasteiger partial charge on any atom is -0.489 e. The van der Waals surface area contributed by atoms with Crippen LogP contribution >= 0.6 is 22.9 Å². The summed E-state index contributed by atoms with van der Waals surface area (Å²) in [5.74, 6) is 1.94. The Hall–Kier alpha value is -2.97. The van der Waals surface area contributed by atoms with Crippen LogP contribution in [-0.2, 0) is 12.1 Å². The van der Waals surface area contributed by atoms with Crippen molar-refractivity contribution >= 4 is 22.9 Å². The summed E-state index contributed by atoms with van der Waals surface area (Å²) in [6, 6.07) is 22.8. The molecular weight excluding hydrogens is 446 g/mol. The number of nitrogens with two attached hydrogens (primary N) is 1. The number of halogens is 1. The normalized spacial score (nSPS) is 12.9. The maximum atomic E-state index is 9.43. The summed E-state index contributed by atoms with van der Waals surface area (Å²) in [6.07, 6.45) is 0. The van der Waals surface area contributed by atoms with Crippen LogP contribution in [0.4, 0.5) is 0 Å². The van der Waals surface area contributed by atoms with Crippen molar-refractivity contribution in [2.24, 2.45) is 5.73 Å². The van der Waals surface area contributed by atoms with Crippen molar-refractivity contribution in [1.29, 1.82) is 0 Å². The van der Waals surface area contributed by atoms with Gasteiger partial charge in [0.05, 0.1) is 17.2 Å². The first-order valence-corrected chi connectivity index (χ1v) is 11.1. The molecule has 3 aromatic carbocycles. The SMILES string of the molecule is C[C@](N)(CO)c1nnc(-c2ccc(Oc3cccc(OCc4ccccc4)c3)cc2Cl)s1. The van der Waals surface area contributed by atoms with Crippen molar-refractivity contribution in [1.82, 2.24) is 10.2 Å². The minimum absolute atomic E-state index is 0.226. The van der Waals surface area contributed by atoms with Crippen LogP contribution < -0.4 is 15.2 Å². The van der Waals surface area contributed by atoms with Crippen molar-refractivity contribution in [3.8, 4) is 27.8 Å². The van der Waals surface area contributed by atoms with E-state index >= 15 is 0 Å². The molecular formula is C24H22ClN3O3S. The third-order valence-electron chi connectivity index (χ3n) is 4.70. The van der Waals surface area contributed by atoms with Gasteiger partial charge >= 0.3 is 0 Å². The van der Waals surface area contributed by atoms with E-state index in [2.05, 4.69) is 10.2 Å². The Morgan fingerprint density at radius 1 is 0.969 bits per heavy atom. The fourth-order valence-electron chi connectivity index (χ4n) is 2.87. The molecule has 0 saturated carbocycles. The van der Waals surface area contributed by atoms with Crippen LogP contribution in [0.15, 0.2) is 72.8 Å². The highest BCUT2D eigenvalue weighted by atomic mass is 35.5. The van der Waals surface area contributed by atoms with E-state index < -0.39 is 5.54 Å². The molecule has 0 aliphatic rings. The van der Waals surface area contributed by atoms with Crippen LogP contribution in [0, 0.1) is 0 Å². The number of rotatable bonds is 8. The molecule has 0 radical (unpaired) electrons. The maximum absolute atomic E-state index is 9.43. The number of hydrogen-bond acceptors (Lipinski definition) is 7. The van der Waals surface area contributed by atoms with E-state index in [-0.39, 0.29) is 6.61 Å². The van der Waals surface area contributed by atoms with Gasteiger partial charge in [0.2, 0.25) is 0 Å². The number of aliphatic hydroxyl groups is 1. The first-order valence-electron chi connectivity index (χ1n) is 9.93. The van der Waals surface area contributed by atoms with Gasteiger partial charge in [0.15, 0.2) is 0 Å². The standard InChI is InChI=1S/C24H22ClN3O3S/c1-24(26,15-29)23-28-27-22(32-23)20-11-10-19(13-21(20)25)31-18-9-5-8-17(12-18)30-14-16-6-3-2-4-7-16/h2-13,29H,14-15,26H2,1H3/t24-/m0/s1. The number of ether oxygens (including phenoxy) is 2. The van der Waals surface area contributed by atoms with Gasteiger partial charge in [-0.15, -0.1) is 10.2 Å². The maximum Gasteiger partial charge on any atom is 0.149 e. The quantitative estimate of drug-likeness (QED) is 0.360. The highest BCUT2D eigenvalue weighted by Crippen LogP contribution is 2.36. The van der Waals surface area contributed by atoms with Crippen LogP contribution in [0.25, 0.3) is 10.6 Å². The second kappa shape index (κ2) is 9.67. The largest absolute Gasteiger partial charge is 0.489 e. The number of aliphatic hydroxyl groups excluding tert-OH is 1. The van der Waals surface area contributed by atoms with Crippen molar-refractivity contribution in [2.45, 2.75) is 19.1 Å². The van der Waals surface area contributed by atoms with E-state index in [1.165, 1.54) is 11.3 Å². The van der Waals surface area contributed by atoms with Gasteiger partial charge in [-0.05, 0) is 36.8 Å². The van der Waals surface area contributed by atoms with Gasteiger partial charge in [-0.25, -0.2) is 0 Å². The molecule has 4 rings (SSSR count). The molecule has 1 atom stereocenters. The van der Waals surface area contributed by atoms with Gasteiger partial charge in [0, 0.05) is 17.7 Å². The number of nitrogens with zero attached hydrogens (tertiary/aromatic N) is 2. The van der Waals surface area contributed by atoms with E-state index in [4.69, 9.17) is 26.8 Å². The zero-order valence-electron chi connectivity index (χ0n) is 17.4. The summed E-state index contributed by atoms with van der Waals surface area (Å²) in [4.78, 5) is 0. The molecule has 0 amide bonds. The molecule has 0 unspecified atom stereocenters. The molecule has 0 aliphatic carbocycles. The lowest BCUT2D eigenvalue weighted by molar-refractivity contribution is 0.209. The molecule has 0 saturated heterocycles. The third kappa shape index (κ3) is 5.26. The Kier molecular flexibility index (Phi) is 6.72. The van der Waals surface area contributed by atoms with Gasteiger partial charge in [-0.3, -0.25) is 0 Å². The van der Waals surface area contributed by atoms with Gasteiger partial charge in [-0.1, -0.05) is 59.3 Å². The number of aromatic nitrogens is 2. The number of hydrogen-bond donors (Lipinski definition) is 2. The summed E-state index contributed by atoms with van der Waals surface area (Å²) in [6.45, 7) is 1.95. The Balaban J connectivity index is 1.46. The zero-order valence-corrected chi connectivity index (χ0v) is 18.9. The lowest BCUT2D eigenvalue weighted by Crippen LogP contribution is -2.36. The third-order valence-corrected chi connectivity index (χ3v) is 6.25. The molecule has 8 heteroatoms. The van der Waals surface area contributed by atoms with Crippen molar-refractivity contribution in [3.05, 3.63) is 88.4 Å². The smallest absolute Gasteiger partial charge is 0.149 e. The highest BCUT2D eigenvalue weighted by molar-refractivity contribution is 7.14. The second-order valence-electron chi connectivity index (χ2n) is 7.48. The van der Waals surface area contributed by atoms with Gasteiger partial charge < -0.3 is 20.3 Å². The minimum atomic E-state index is -0.945. The molecule has 0 spiro atoms. The second-order valence-corrected chi connectivity index (χ2v) is 8.87. The van der Waals surface area contributed by atoms with E-state index in [1.54, 1.807) is 13.0 Å². The average molecular weight is 468 g/mol. The molecule has 164 valence electrons. The summed E-state index contributed by atoms with van der Waals surface area (Å²) in [5, 5.41) is 19.3. The van der Waals surface area contributed by atoms with Crippen molar-refractivity contribution < 1.29 is 14.6 Å². The zero-order chi connectivity index (χ0) is 22.6. The van der Waals surface area contributed by atoms with Crippen LogP contribution in [0.1, 0.15) is 17.5 Å².